The Bertz CT molecular complexity index is 339. The Morgan fingerprint density at radius 1 is 1.47 bits per heavy atom. The van der Waals surface area contributed by atoms with Crippen molar-refractivity contribution in [2.45, 2.75) is 26.2 Å². The zero-order chi connectivity index (χ0) is 11.4. The van der Waals surface area contributed by atoms with Crippen molar-refractivity contribution in [1.29, 1.82) is 0 Å². The van der Waals surface area contributed by atoms with E-state index in [9.17, 15) is 4.39 Å². The van der Waals surface area contributed by atoms with Crippen LogP contribution in [0, 0.1) is 12.7 Å². The van der Waals surface area contributed by atoms with E-state index in [1.807, 2.05) is 6.92 Å². The number of nitrogens with two attached hydrogens (primary N) is 1. The van der Waals surface area contributed by atoms with Crippen molar-refractivity contribution in [2.24, 2.45) is 5.73 Å². The third-order valence-corrected chi connectivity index (χ3v) is 2.72. The molecular formula is C12H18FNO. The smallest absolute Gasteiger partial charge is 0.126 e. The highest BCUT2D eigenvalue weighted by Crippen LogP contribution is 2.32. The van der Waals surface area contributed by atoms with Crippen molar-refractivity contribution >= 4 is 0 Å². The minimum atomic E-state index is -0.185. The molecule has 1 unspecified atom stereocenters. The molecule has 0 aliphatic rings. The number of ether oxygens (including phenoxy) is 1. The van der Waals surface area contributed by atoms with Gasteiger partial charge in [0.25, 0.3) is 0 Å². The molecule has 3 heteroatoms. The van der Waals surface area contributed by atoms with Gasteiger partial charge in [-0.3, -0.25) is 0 Å². The van der Waals surface area contributed by atoms with E-state index in [1.54, 1.807) is 20.1 Å². The zero-order valence-electron chi connectivity index (χ0n) is 9.51. The van der Waals surface area contributed by atoms with Crippen molar-refractivity contribution < 1.29 is 9.13 Å². The number of halogens is 1. The quantitative estimate of drug-likeness (QED) is 0.830. The molecule has 15 heavy (non-hydrogen) atoms. The lowest BCUT2D eigenvalue weighted by Gasteiger charge is -2.18. The van der Waals surface area contributed by atoms with Gasteiger partial charge < -0.3 is 10.5 Å². The molecular weight excluding hydrogens is 193 g/mol. The Hall–Kier alpha value is -1.09. The minimum absolute atomic E-state index is 0.185. The highest BCUT2D eigenvalue weighted by molar-refractivity contribution is 5.42. The van der Waals surface area contributed by atoms with Gasteiger partial charge >= 0.3 is 0 Å². The maximum absolute atomic E-state index is 13.4. The van der Waals surface area contributed by atoms with Crippen LogP contribution in [0.15, 0.2) is 12.1 Å². The summed E-state index contributed by atoms with van der Waals surface area (Å²) in [6.45, 7) is 4.41. The molecule has 0 radical (unpaired) electrons. The largest absolute Gasteiger partial charge is 0.496 e. The lowest BCUT2D eigenvalue weighted by atomic mass is 9.92. The van der Waals surface area contributed by atoms with Gasteiger partial charge in [-0.25, -0.2) is 4.39 Å². The molecule has 1 aromatic rings. The number of hydrogen-bond donors (Lipinski definition) is 1. The first-order valence-corrected chi connectivity index (χ1v) is 5.14. The molecule has 0 fully saturated rings. The van der Waals surface area contributed by atoms with Crippen LogP contribution in [-0.4, -0.2) is 13.7 Å². The van der Waals surface area contributed by atoms with Crippen LogP contribution in [0.4, 0.5) is 4.39 Å². The summed E-state index contributed by atoms with van der Waals surface area (Å²) >= 11 is 0. The van der Waals surface area contributed by atoms with Crippen molar-refractivity contribution in [2.75, 3.05) is 13.7 Å². The van der Waals surface area contributed by atoms with Gasteiger partial charge in [0.15, 0.2) is 0 Å². The molecule has 0 spiro atoms. The van der Waals surface area contributed by atoms with Crippen molar-refractivity contribution in [3.8, 4) is 5.75 Å². The predicted octanol–water partition coefficient (Wildman–Crippen LogP) is 2.60. The van der Waals surface area contributed by atoms with Crippen LogP contribution >= 0.6 is 0 Å². The van der Waals surface area contributed by atoms with Crippen LogP contribution in [0.25, 0.3) is 0 Å². The fourth-order valence-corrected chi connectivity index (χ4v) is 1.86. The summed E-state index contributed by atoms with van der Waals surface area (Å²) < 4.78 is 18.7. The van der Waals surface area contributed by atoms with Crippen molar-refractivity contribution in [3.63, 3.8) is 0 Å². The summed E-state index contributed by atoms with van der Waals surface area (Å²) in [7, 11) is 1.60. The fourth-order valence-electron chi connectivity index (χ4n) is 1.86. The molecule has 0 bridgehead atoms. The molecule has 1 rings (SSSR count). The van der Waals surface area contributed by atoms with E-state index in [-0.39, 0.29) is 11.7 Å². The highest BCUT2D eigenvalue weighted by Gasteiger charge is 2.16. The molecule has 84 valence electrons. The van der Waals surface area contributed by atoms with E-state index in [0.29, 0.717) is 12.1 Å². The minimum Gasteiger partial charge on any atom is -0.496 e. The molecule has 2 N–H and O–H groups in total. The molecule has 0 saturated carbocycles. The third kappa shape index (κ3) is 2.48. The van der Waals surface area contributed by atoms with E-state index in [4.69, 9.17) is 10.5 Å². The summed E-state index contributed by atoms with van der Waals surface area (Å²) in [5.41, 5.74) is 7.11. The predicted molar refractivity (Wildman–Crippen MR) is 59.8 cm³/mol. The first-order chi connectivity index (χ1) is 7.11. The van der Waals surface area contributed by atoms with Crippen LogP contribution in [0.2, 0.25) is 0 Å². The van der Waals surface area contributed by atoms with Gasteiger partial charge in [-0.2, -0.15) is 0 Å². The third-order valence-electron chi connectivity index (χ3n) is 2.72. The van der Waals surface area contributed by atoms with Crippen LogP contribution in [0.5, 0.6) is 5.75 Å². The van der Waals surface area contributed by atoms with E-state index in [1.165, 1.54) is 6.07 Å². The SMILES string of the molecule is COc1ccc(F)c(C)c1C(C)CCN. The van der Waals surface area contributed by atoms with Gasteiger partial charge in [0.05, 0.1) is 7.11 Å². The van der Waals surface area contributed by atoms with Crippen LogP contribution in [0.3, 0.4) is 0 Å². The van der Waals surface area contributed by atoms with Crippen LogP contribution < -0.4 is 10.5 Å². The van der Waals surface area contributed by atoms with Gasteiger partial charge in [-0.15, -0.1) is 0 Å². The van der Waals surface area contributed by atoms with Gasteiger partial charge in [-0.1, -0.05) is 6.92 Å². The molecule has 0 heterocycles. The number of benzene rings is 1. The van der Waals surface area contributed by atoms with Gasteiger partial charge in [0.2, 0.25) is 0 Å². The monoisotopic (exact) mass is 211 g/mol. The second-order valence-corrected chi connectivity index (χ2v) is 3.77. The summed E-state index contributed by atoms with van der Waals surface area (Å²) in [6, 6.07) is 3.11. The summed E-state index contributed by atoms with van der Waals surface area (Å²) in [6.07, 6.45) is 0.834. The lowest BCUT2D eigenvalue weighted by molar-refractivity contribution is 0.403. The zero-order valence-corrected chi connectivity index (χ0v) is 9.51. The second-order valence-electron chi connectivity index (χ2n) is 3.77. The molecule has 0 aliphatic carbocycles. The molecule has 2 nitrogen and oxygen atoms in total. The average molecular weight is 211 g/mol. The lowest BCUT2D eigenvalue weighted by Crippen LogP contribution is -2.08. The Morgan fingerprint density at radius 3 is 2.67 bits per heavy atom. The van der Waals surface area contributed by atoms with E-state index in [2.05, 4.69) is 0 Å². The topological polar surface area (TPSA) is 35.2 Å². The maximum Gasteiger partial charge on any atom is 0.126 e. The second kappa shape index (κ2) is 5.12. The van der Waals surface area contributed by atoms with Gasteiger partial charge in [0, 0.05) is 5.56 Å². The van der Waals surface area contributed by atoms with E-state index < -0.39 is 0 Å². The van der Waals surface area contributed by atoms with E-state index in [0.717, 1.165) is 17.7 Å². The molecule has 0 aliphatic heterocycles. The summed E-state index contributed by atoms with van der Waals surface area (Å²) in [5.74, 6) is 0.783. The molecule has 0 aromatic heterocycles. The standard InChI is InChI=1S/C12H18FNO/c1-8(6-7-14)12-9(2)10(13)4-5-11(12)15-3/h4-5,8H,6-7,14H2,1-3H3. The van der Waals surface area contributed by atoms with Crippen molar-refractivity contribution in [3.05, 3.63) is 29.1 Å². The molecule has 1 atom stereocenters. The Kier molecular flexibility index (Phi) is 4.09. The van der Waals surface area contributed by atoms with Crippen molar-refractivity contribution in [1.82, 2.24) is 0 Å². The fraction of sp³-hybridized carbons (Fsp3) is 0.500. The normalized spacial score (nSPS) is 12.6. The maximum atomic E-state index is 13.4. The summed E-state index contributed by atoms with van der Waals surface area (Å²) in [5, 5.41) is 0. The Morgan fingerprint density at radius 2 is 2.13 bits per heavy atom. The summed E-state index contributed by atoms with van der Waals surface area (Å²) in [4.78, 5) is 0. The molecule has 0 amide bonds. The van der Waals surface area contributed by atoms with Crippen LogP contribution in [0.1, 0.15) is 30.4 Å². The first kappa shape index (κ1) is 12.0. The average Bonchev–Trinajstić information content (AvgIpc) is 2.22. The number of hydrogen-bond acceptors (Lipinski definition) is 2. The molecule has 1 aromatic carbocycles. The number of rotatable bonds is 4. The van der Waals surface area contributed by atoms with Crippen LogP contribution in [-0.2, 0) is 0 Å². The van der Waals surface area contributed by atoms with Gasteiger partial charge in [-0.05, 0) is 43.5 Å². The highest BCUT2D eigenvalue weighted by atomic mass is 19.1. The first-order valence-electron chi connectivity index (χ1n) is 5.14. The Labute approximate surface area is 90.2 Å². The number of methoxy groups -OCH3 is 1. The van der Waals surface area contributed by atoms with Gasteiger partial charge in [0.1, 0.15) is 11.6 Å². The Balaban J connectivity index is 3.17. The van der Waals surface area contributed by atoms with E-state index >= 15 is 0 Å². The molecule has 0 saturated heterocycles.